The highest BCUT2D eigenvalue weighted by atomic mass is 16.5. The molecular formula is C10H16N4O. The molecule has 1 aromatic rings. The molecule has 82 valence electrons. The van der Waals surface area contributed by atoms with Gasteiger partial charge < -0.3 is 15.8 Å². The Labute approximate surface area is 89.1 Å². The number of hydrogen-bond donors (Lipinski definition) is 2. The molecule has 2 unspecified atom stereocenters. The summed E-state index contributed by atoms with van der Waals surface area (Å²) in [6, 6.07) is 2.42. The van der Waals surface area contributed by atoms with Crippen LogP contribution in [-0.4, -0.2) is 28.7 Å². The lowest BCUT2D eigenvalue weighted by Crippen LogP contribution is -2.14. The molecule has 0 radical (unpaired) electrons. The predicted octanol–water partition coefficient (Wildman–Crippen LogP) is 0.695. The lowest BCUT2D eigenvalue weighted by Gasteiger charge is -2.07. The average Bonchev–Trinajstić information content (AvgIpc) is 2.81. The van der Waals surface area contributed by atoms with Crippen molar-refractivity contribution >= 4 is 5.82 Å². The molecule has 0 saturated heterocycles. The van der Waals surface area contributed by atoms with Gasteiger partial charge in [-0.1, -0.05) is 0 Å². The van der Waals surface area contributed by atoms with Crippen molar-refractivity contribution in [2.75, 3.05) is 11.9 Å². The lowest BCUT2D eigenvalue weighted by molar-refractivity contribution is 0.325. The third-order valence-corrected chi connectivity index (χ3v) is 2.28. The molecule has 1 aliphatic rings. The standard InChI is InChI=1S/C10H16N4O/c1-3-15-10-5-9(12-6(2)13-10)14-8-4-7(8)11/h5,7-8H,3-4,11H2,1-2H3,(H,12,13,14). The van der Waals surface area contributed by atoms with E-state index in [0.29, 0.717) is 24.4 Å². The van der Waals surface area contributed by atoms with Crippen molar-refractivity contribution in [2.24, 2.45) is 5.73 Å². The summed E-state index contributed by atoms with van der Waals surface area (Å²) in [6.07, 6.45) is 1.01. The van der Waals surface area contributed by atoms with Gasteiger partial charge in [0.05, 0.1) is 6.61 Å². The van der Waals surface area contributed by atoms with Gasteiger partial charge in [-0.2, -0.15) is 4.98 Å². The molecule has 1 aromatic heterocycles. The summed E-state index contributed by atoms with van der Waals surface area (Å²) in [7, 11) is 0. The van der Waals surface area contributed by atoms with E-state index < -0.39 is 0 Å². The topological polar surface area (TPSA) is 73.1 Å². The predicted molar refractivity (Wildman–Crippen MR) is 57.9 cm³/mol. The van der Waals surface area contributed by atoms with Crippen molar-refractivity contribution in [3.05, 3.63) is 11.9 Å². The number of aryl methyl sites for hydroxylation is 1. The summed E-state index contributed by atoms with van der Waals surface area (Å²) in [5.41, 5.74) is 5.71. The lowest BCUT2D eigenvalue weighted by atomic mass is 10.5. The molecule has 5 heteroatoms. The van der Waals surface area contributed by atoms with Gasteiger partial charge in [0.15, 0.2) is 0 Å². The van der Waals surface area contributed by atoms with Crippen LogP contribution in [0.1, 0.15) is 19.2 Å². The Morgan fingerprint density at radius 1 is 1.60 bits per heavy atom. The molecule has 0 amide bonds. The Kier molecular flexibility index (Phi) is 2.73. The van der Waals surface area contributed by atoms with E-state index in [1.165, 1.54) is 0 Å². The van der Waals surface area contributed by atoms with E-state index in [2.05, 4.69) is 15.3 Å². The van der Waals surface area contributed by atoms with Gasteiger partial charge in [-0.15, -0.1) is 0 Å². The number of anilines is 1. The van der Waals surface area contributed by atoms with E-state index in [-0.39, 0.29) is 6.04 Å². The Morgan fingerprint density at radius 2 is 2.33 bits per heavy atom. The smallest absolute Gasteiger partial charge is 0.218 e. The molecular weight excluding hydrogens is 192 g/mol. The zero-order valence-electron chi connectivity index (χ0n) is 9.03. The van der Waals surface area contributed by atoms with Crippen LogP contribution in [0.15, 0.2) is 6.07 Å². The fourth-order valence-electron chi connectivity index (χ4n) is 1.41. The van der Waals surface area contributed by atoms with E-state index in [1.54, 1.807) is 0 Å². The van der Waals surface area contributed by atoms with Crippen LogP contribution in [0.4, 0.5) is 5.82 Å². The van der Waals surface area contributed by atoms with Gasteiger partial charge in [0, 0.05) is 18.2 Å². The second-order valence-electron chi connectivity index (χ2n) is 3.72. The van der Waals surface area contributed by atoms with E-state index in [0.717, 1.165) is 12.2 Å². The van der Waals surface area contributed by atoms with Crippen molar-refractivity contribution in [1.29, 1.82) is 0 Å². The van der Waals surface area contributed by atoms with Crippen LogP contribution in [0.3, 0.4) is 0 Å². The SMILES string of the molecule is CCOc1cc(NC2CC2N)nc(C)n1. The van der Waals surface area contributed by atoms with Crippen LogP contribution in [-0.2, 0) is 0 Å². The molecule has 2 rings (SSSR count). The number of nitrogens with two attached hydrogens (primary N) is 1. The molecule has 15 heavy (non-hydrogen) atoms. The maximum Gasteiger partial charge on any atom is 0.218 e. The third kappa shape index (κ3) is 2.56. The summed E-state index contributed by atoms with van der Waals surface area (Å²) >= 11 is 0. The molecule has 2 atom stereocenters. The quantitative estimate of drug-likeness (QED) is 0.761. The average molecular weight is 208 g/mol. The van der Waals surface area contributed by atoms with Gasteiger partial charge in [-0.3, -0.25) is 0 Å². The maximum absolute atomic E-state index is 5.71. The Bertz CT molecular complexity index is 355. The Morgan fingerprint density at radius 3 is 2.93 bits per heavy atom. The molecule has 1 heterocycles. The normalized spacial score (nSPS) is 23.7. The third-order valence-electron chi connectivity index (χ3n) is 2.28. The second kappa shape index (κ2) is 4.02. The van der Waals surface area contributed by atoms with Crippen molar-refractivity contribution in [3.8, 4) is 5.88 Å². The Balaban J connectivity index is 2.08. The van der Waals surface area contributed by atoms with Gasteiger partial charge >= 0.3 is 0 Å². The minimum Gasteiger partial charge on any atom is -0.478 e. The van der Waals surface area contributed by atoms with Crippen LogP contribution in [0.2, 0.25) is 0 Å². The summed E-state index contributed by atoms with van der Waals surface area (Å²) < 4.78 is 5.33. The number of hydrogen-bond acceptors (Lipinski definition) is 5. The molecule has 1 saturated carbocycles. The molecule has 5 nitrogen and oxygen atoms in total. The summed E-state index contributed by atoms with van der Waals surface area (Å²) in [5, 5.41) is 3.25. The van der Waals surface area contributed by atoms with E-state index in [9.17, 15) is 0 Å². The first-order chi connectivity index (χ1) is 7.19. The van der Waals surface area contributed by atoms with Crippen LogP contribution < -0.4 is 15.8 Å². The maximum atomic E-state index is 5.71. The molecule has 0 spiro atoms. The van der Waals surface area contributed by atoms with Gasteiger partial charge in [0.1, 0.15) is 11.6 Å². The minimum atomic E-state index is 0.260. The highest BCUT2D eigenvalue weighted by molar-refractivity contribution is 5.41. The van der Waals surface area contributed by atoms with Crippen LogP contribution in [0, 0.1) is 6.92 Å². The zero-order chi connectivity index (χ0) is 10.8. The molecule has 0 aromatic carbocycles. The molecule has 3 N–H and O–H groups in total. The molecule has 1 aliphatic carbocycles. The first kappa shape index (κ1) is 10.2. The number of aromatic nitrogens is 2. The summed E-state index contributed by atoms with van der Waals surface area (Å²) in [6.45, 7) is 4.39. The Hall–Kier alpha value is -1.36. The van der Waals surface area contributed by atoms with Gasteiger partial charge in [0.2, 0.25) is 5.88 Å². The van der Waals surface area contributed by atoms with Gasteiger partial charge in [0.25, 0.3) is 0 Å². The highest BCUT2D eigenvalue weighted by Gasteiger charge is 2.33. The fourth-order valence-corrected chi connectivity index (χ4v) is 1.41. The monoisotopic (exact) mass is 208 g/mol. The van der Waals surface area contributed by atoms with E-state index >= 15 is 0 Å². The van der Waals surface area contributed by atoms with E-state index in [4.69, 9.17) is 10.5 Å². The van der Waals surface area contributed by atoms with Crippen molar-refractivity contribution in [3.63, 3.8) is 0 Å². The molecule has 0 aliphatic heterocycles. The summed E-state index contributed by atoms with van der Waals surface area (Å²) in [4.78, 5) is 8.44. The summed E-state index contributed by atoms with van der Waals surface area (Å²) in [5.74, 6) is 2.11. The van der Waals surface area contributed by atoms with Crippen LogP contribution in [0.5, 0.6) is 5.88 Å². The van der Waals surface area contributed by atoms with Gasteiger partial charge in [-0.05, 0) is 20.3 Å². The number of rotatable bonds is 4. The largest absolute Gasteiger partial charge is 0.478 e. The van der Waals surface area contributed by atoms with Crippen LogP contribution in [0.25, 0.3) is 0 Å². The minimum absolute atomic E-state index is 0.260. The highest BCUT2D eigenvalue weighted by Crippen LogP contribution is 2.24. The first-order valence-electron chi connectivity index (χ1n) is 5.19. The first-order valence-corrected chi connectivity index (χ1v) is 5.19. The fraction of sp³-hybridized carbons (Fsp3) is 0.600. The molecule has 1 fully saturated rings. The second-order valence-corrected chi connectivity index (χ2v) is 3.72. The van der Waals surface area contributed by atoms with Crippen molar-refractivity contribution in [1.82, 2.24) is 9.97 Å². The van der Waals surface area contributed by atoms with Crippen LogP contribution >= 0.6 is 0 Å². The number of ether oxygens (including phenoxy) is 1. The van der Waals surface area contributed by atoms with Crippen molar-refractivity contribution in [2.45, 2.75) is 32.4 Å². The number of nitrogens with zero attached hydrogens (tertiary/aromatic N) is 2. The van der Waals surface area contributed by atoms with Crippen molar-refractivity contribution < 1.29 is 4.74 Å². The van der Waals surface area contributed by atoms with Gasteiger partial charge in [-0.25, -0.2) is 4.98 Å². The number of nitrogens with one attached hydrogen (secondary N) is 1. The zero-order valence-corrected chi connectivity index (χ0v) is 9.03. The molecule has 0 bridgehead atoms. The van der Waals surface area contributed by atoms with E-state index in [1.807, 2.05) is 19.9 Å².